The number of H-pyrrole nitrogens is 1. The highest BCUT2D eigenvalue weighted by atomic mass is 19.4. The number of primary amides is 1. The minimum atomic E-state index is -4.47. The predicted octanol–water partition coefficient (Wildman–Crippen LogP) is 5.30. The van der Waals surface area contributed by atoms with E-state index < -0.39 is 17.6 Å². The number of carbonyl (C=O) groups excluding carboxylic acids is 1. The molecule has 1 aliphatic heterocycles. The van der Waals surface area contributed by atoms with Gasteiger partial charge >= 0.3 is 6.18 Å². The predicted molar refractivity (Wildman–Crippen MR) is 144 cm³/mol. The zero-order valence-corrected chi connectivity index (χ0v) is 22.4. The van der Waals surface area contributed by atoms with Crippen molar-refractivity contribution in [1.82, 2.24) is 20.3 Å². The summed E-state index contributed by atoms with van der Waals surface area (Å²) in [4.78, 5) is 21.4. The molecule has 1 aliphatic carbocycles. The van der Waals surface area contributed by atoms with Crippen molar-refractivity contribution in [3.63, 3.8) is 0 Å². The fraction of sp³-hybridized carbons (Fsp3) is 0.552. The molecule has 10 heteroatoms. The van der Waals surface area contributed by atoms with Gasteiger partial charge in [-0.25, -0.2) is 4.98 Å². The zero-order valence-electron chi connectivity index (χ0n) is 22.4. The summed E-state index contributed by atoms with van der Waals surface area (Å²) >= 11 is 0. The zero-order chi connectivity index (χ0) is 27.8. The lowest BCUT2D eigenvalue weighted by molar-refractivity contribution is -0.136. The molecule has 2 aliphatic rings. The number of halogens is 3. The molecule has 2 aromatic heterocycles. The molecule has 0 spiro atoms. The summed E-state index contributed by atoms with van der Waals surface area (Å²) in [6.45, 7) is 5.37. The highest BCUT2D eigenvalue weighted by Crippen LogP contribution is 2.37. The molecule has 4 N–H and O–H groups in total. The smallest absolute Gasteiger partial charge is 0.381 e. The van der Waals surface area contributed by atoms with Gasteiger partial charge in [0.2, 0.25) is 5.91 Å². The van der Waals surface area contributed by atoms with Gasteiger partial charge in [0, 0.05) is 31.6 Å². The molecule has 1 amide bonds. The topological polar surface area (TPSA) is 106 Å². The van der Waals surface area contributed by atoms with Crippen LogP contribution in [-0.2, 0) is 28.5 Å². The maximum atomic E-state index is 12.6. The molecule has 0 saturated carbocycles. The summed E-state index contributed by atoms with van der Waals surface area (Å²) in [7, 11) is 0. The van der Waals surface area contributed by atoms with E-state index in [0.29, 0.717) is 6.04 Å². The molecule has 1 aromatic carbocycles. The molecule has 1 saturated heterocycles. The molecule has 0 radical (unpaired) electrons. The number of alkyl halides is 3. The number of hydrogen-bond acceptors (Lipinski definition) is 5. The first-order valence-electron chi connectivity index (χ1n) is 13.8. The number of imidazole rings is 1. The number of nitrogens with one attached hydrogen (secondary N) is 2. The van der Waals surface area contributed by atoms with Gasteiger partial charge in [-0.2, -0.15) is 13.2 Å². The van der Waals surface area contributed by atoms with Crippen molar-refractivity contribution in [2.45, 2.75) is 76.4 Å². The standard InChI is InChI=1S/C19H30N2O.C10H8F3N3O/c1-2-15(13-21-18-4-3-10-22-11-8-18)12-17-6-5-16-7-9-20-14-19(16)17;11-10(12,13)5-2-1-3-6-9(5)16-8(15-6)4-7(14)17/h7,9,14-15,17-18,21H,2-6,8,10-13H2,1H3;1-3H,4H2,(H2,14,17)(H,15,16). The quantitative estimate of drug-likeness (QED) is 0.356. The Balaban J connectivity index is 0.000000187. The van der Waals surface area contributed by atoms with E-state index in [0.717, 1.165) is 37.7 Å². The van der Waals surface area contributed by atoms with Gasteiger partial charge in [0.25, 0.3) is 0 Å². The van der Waals surface area contributed by atoms with E-state index in [1.165, 1.54) is 68.2 Å². The summed E-state index contributed by atoms with van der Waals surface area (Å²) in [5.74, 6) is 0.982. The second kappa shape index (κ2) is 13.4. The van der Waals surface area contributed by atoms with Crippen LogP contribution >= 0.6 is 0 Å². The Morgan fingerprint density at radius 1 is 1.23 bits per heavy atom. The van der Waals surface area contributed by atoms with Gasteiger partial charge in [-0.15, -0.1) is 0 Å². The van der Waals surface area contributed by atoms with Crippen LogP contribution in [0.3, 0.4) is 0 Å². The van der Waals surface area contributed by atoms with E-state index in [1.807, 2.05) is 6.20 Å². The molecule has 7 nitrogen and oxygen atoms in total. The van der Waals surface area contributed by atoms with Gasteiger partial charge in [0.15, 0.2) is 0 Å². The number of ether oxygens (including phenoxy) is 1. The molecular formula is C29H38F3N5O2. The number of para-hydroxylation sites is 1. The van der Waals surface area contributed by atoms with E-state index >= 15 is 0 Å². The van der Waals surface area contributed by atoms with Crippen molar-refractivity contribution < 1.29 is 22.7 Å². The molecule has 0 bridgehead atoms. The molecule has 212 valence electrons. The van der Waals surface area contributed by atoms with Crippen LogP contribution in [-0.4, -0.2) is 46.7 Å². The number of aromatic amines is 1. The van der Waals surface area contributed by atoms with Crippen molar-refractivity contribution in [2.75, 3.05) is 19.8 Å². The van der Waals surface area contributed by atoms with Crippen LogP contribution in [0.1, 0.15) is 73.9 Å². The van der Waals surface area contributed by atoms with Crippen LogP contribution < -0.4 is 11.1 Å². The molecule has 39 heavy (non-hydrogen) atoms. The molecule has 3 heterocycles. The summed E-state index contributed by atoms with van der Waals surface area (Å²) in [6, 6.07) is 6.55. The lowest BCUT2D eigenvalue weighted by atomic mass is 9.89. The van der Waals surface area contributed by atoms with Gasteiger partial charge in [-0.05, 0) is 86.2 Å². The number of hydrogen-bond donors (Lipinski definition) is 3. The van der Waals surface area contributed by atoms with Crippen molar-refractivity contribution >= 4 is 16.9 Å². The number of rotatable bonds is 8. The van der Waals surface area contributed by atoms with Crippen LogP contribution in [0.5, 0.6) is 0 Å². The maximum Gasteiger partial charge on any atom is 0.418 e. The third kappa shape index (κ3) is 8.02. The molecule has 3 aromatic rings. The van der Waals surface area contributed by atoms with E-state index in [1.54, 1.807) is 0 Å². The Kier molecular flexibility index (Phi) is 9.96. The Morgan fingerprint density at radius 3 is 2.85 bits per heavy atom. The Morgan fingerprint density at radius 2 is 2.08 bits per heavy atom. The van der Waals surface area contributed by atoms with Gasteiger partial charge in [-0.3, -0.25) is 9.78 Å². The van der Waals surface area contributed by atoms with E-state index in [9.17, 15) is 18.0 Å². The molecule has 5 rings (SSSR count). The molecule has 3 unspecified atom stereocenters. The monoisotopic (exact) mass is 545 g/mol. The fourth-order valence-electron chi connectivity index (χ4n) is 5.56. The Labute approximate surface area is 227 Å². The lowest BCUT2D eigenvalue weighted by Gasteiger charge is -2.23. The minimum absolute atomic E-state index is 0.129. The normalized spacial score (nSPS) is 20.1. The number of aryl methyl sites for hydroxylation is 1. The van der Waals surface area contributed by atoms with E-state index in [2.05, 4.69) is 39.5 Å². The van der Waals surface area contributed by atoms with E-state index in [4.69, 9.17) is 10.5 Å². The lowest BCUT2D eigenvalue weighted by Crippen LogP contribution is -2.34. The maximum absolute atomic E-state index is 12.6. The van der Waals surface area contributed by atoms with Gasteiger partial charge in [0.1, 0.15) is 11.3 Å². The first-order valence-corrected chi connectivity index (χ1v) is 13.8. The van der Waals surface area contributed by atoms with Crippen molar-refractivity contribution in [2.24, 2.45) is 11.7 Å². The third-order valence-electron chi connectivity index (χ3n) is 7.70. The van der Waals surface area contributed by atoms with Gasteiger partial charge < -0.3 is 20.8 Å². The highest BCUT2D eigenvalue weighted by Gasteiger charge is 2.33. The third-order valence-corrected chi connectivity index (χ3v) is 7.70. The average molecular weight is 546 g/mol. The van der Waals surface area contributed by atoms with Crippen molar-refractivity contribution in [3.8, 4) is 0 Å². The van der Waals surface area contributed by atoms with Gasteiger partial charge in [0.05, 0.1) is 17.5 Å². The summed E-state index contributed by atoms with van der Waals surface area (Å²) in [5.41, 5.74) is 7.20. The fourth-order valence-corrected chi connectivity index (χ4v) is 5.56. The summed E-state index contributed by atoms with van der Waals surface area (Å²) < 4.78 is 43.5. The number of nitrogens with zero attached hydrogens (tertiary/aromatic N) is 2. The van der Waals surface area contributed by atoms with Gasteiger partial charge in [-0.1, -0.05) is 19.4 Å². The largest absolute Gasteiger partial charge is 0.418 e. The van der Waals surface area contributed by atoms with Crippen LogP contribution in [0, 0.1) is 5.92 Å². The Hall–Kier alpha value is -2.98. The van der Waals surface area contributed by atoms with Crippen molar-refractivity contribution in [3.05, 3.63) is 59.2 Å². The van der Waals surface area contributed by atoms with Crippen LogP contribution in [0.25, 0.3) is 11.0 Å². The SMILES string of the molecule is CCC(CNC1CCCOCC1)CC1CCc2ccncc21.NC(=O)Cc1nc2c(C(F)(F)F)cccc2[nH]1. The second-order valence-corrected chi connectivity index (χ2v) is 10.5. The number of fused-ring (bicyclic) bond motifs is 2. The van der Waals surface area contributed by atoms with Crippen LogP contribution in [0.15, 0.2) is 36.7 Å². The van der Waals surface area contributed by atoms with Crippen LogP contribution in [0.2, 0.25) is 0 Å². The number of nitrogens with two attached hydrogens (primary N) is 1. The van der Waals surface area contributed by atoms with Crippen LogP contribution in [0.4, 0.5) is 13.2 Å². The molecule has 3 atom stereocenters. The molecule has 1 fully saturated rings. The average Bonchev–Trinajstić information content (AvgIpc) is 3.40. The van der Waals surface area contributed by atoms with E-state index in [-0.39, 0.29) is 23.3 Å². The number of benzene rings is 1. The summed E-state index contributed by atoms with van der Waals surface area (Å²) in [6.07, 6.45) is 8.14. The Bertz CT molecular complexity index is 1220. The molecular weight excluding hydrogens is 507 g/mol. The minimum Gasteiger partial charge on any atom is -0.381 e. The number of aromatic nitrogens is 3. The number of amides is 1. The first kappa shape index (κ1) is 29.0. The van der Waals surface area contributed by atoms with Crippen molar-refractivity contribution in [1.29, 1.82) is 0 Å². The summed E-state index contributed by atoms with van der Waals surface area (Å²) in [5, 5.41) is 3.81. The number of carbonyl (C=O) groups is 1. The number of pyridine rings is 1. The highest BCUT2D eigenvalue weighted by molar-refractivity contribution is 5.81. The first-order chi connectivity index (χ1) is 18.7. The second-order valence-electron chi connectivity index (χ2n) is 10.5.